The van der Waals surface area contributed by atoms with E-state index in [0.29, 0.717) is 18.0 Å². The average Bonchev–Trinajstić information content (AvgIpc) is 2.36. The highest BCUT2D eigenvalue weighted by Crippen LogP contribution is 2.15. The number of hydrogen-bond donors (Lipinski definition) is 0. The molecule has 0 spiro atoms. The van der Waals surface area contributed by atoms with Crippen LogP contribution in [0.1, 0.15) is 18.9 Å². The SMILES string of the molecule is CCN(CCC(=O)OC)Cc1ccncc1Cl. The zero-order valence-corrected chi connectivity index (χ0v) is 10.9. The van der Waals surface area contributed by atoms with E-state index >= 15 is 0 Å². The minimum Gasteiger partial charge on any atom is -0.469 e. The molecule has 0 aliphatic rings. The van der Waals surface area contributed by atoms with Crippen molar-refractivity contribution in [2.75, 3.05) is 20.2 Å². The van der Waals surface area contributed by atoms with Crippen molar-refractivity contribution >= 4 is 17.6 Å². The molecule has 0 amide bonds. The van der Waals surface area contributed by atoms with E-state index in [1.165, 1.54) is 7.11 Å². The standard InChI is InChI=1S/C12H17ClN2O2/c1-3-15(7-5-12(16)17-2)9-10-4-6-14-8-11(10)13/h4,6,8H,3,5,7,9H2,1-2H3. The maximum absolute atomic E-state index is 11.1. The Hall–Kier alpha value is -1.13. The summed E-state index contributed by atoms with van der Waals surface area (Å²) in [5, 5.41) is 0.656. The molecule has 0 bridgehead atoms. The second-order valence-electron chi connectivity index (χ2n) is 3.66. The predicted molar refractivity (Wildman–Crippen MR) is 66.8 cm³/mol. The van der Waals surface area contributed by atoms with Crippen molar-refractivity contribution in [3.63, 3.8) is 0 Å². The zero-order chi connectivity index (χ0) is 12.7. The van der Waals surface area contributed by atoms with Crippen LogP contribution in [0.2, 0.25) is 5.02 Å². The van der Waals surface area contributed by atoms with Crippen LogP contribution in [0.25, 0.3) is 0 Å². The zero-order valence-electron chi connectivity index (χ0n) is 10.1. The molecule has 0 saturated heterocycles. The Bertz CT molecular complexity index is 371. The van der Waals surface area contributed by atoms with Crippen molar-refractivity contribution in [1.82, 2.24) is 9.88 Å². The number of rotatable bonds is 6. The lowest BCUT2D eigenvalue weighted by molar-refractivity contribution is -0.141. The molecular weight excluding hydrogens is 240 g/mol. The van der Waals surface area contributed by atoms with Gasteiger partial charge in [-0.3, -0.25) is 14.7 Å². The molecule has 0 unspecified atom stereocenters. The van der Waals surface area contributed by atoms with E-state index in [9.17, 15) is 4.79 Å². The molecule has 0 aromatic carbocycles. The molecular formula is C12H17ClN2O2. The summed E-state index contributed by atoms with van der Waals surface area (Å²) in [5.41, 5.74) is 1.02. The molecule has 1 aromatic heterocycles. The van der Waals surface area contributed by atoms with Gasteiger partial charge < -0.3 is 4.74 Å². The predicted octanol–water partition coefficient (Wildman–Crippen LogP) is 2.12. The first-order valence-corrected chi connectivity index (χ1v) is 5.92. The molecule has 0 N–H and O–H groups in total. The van der Waals surface area contributed by atoms with Crippen LogP contribution in [-0.2, 0) is 16.1 Å². The van der Waals surface area contributed by atoms with Crippen LogP contribution in [0.5, 0.6) is 0 Å². The number of hydrogen-bond acceptors (Lipinski definition) is 4. The Morgan fingerprint density at radius 3 is 2.94 bits per heavy atom. The van der Waals surface area contributed by atoms with Gasteiger partial charge in [0.05, 0.1) is 18.6 Å². The van der Waals surface area contributed by atoms with E-state index in [-0.39, 0.29) is 5.97 Å². The van der Waals surface area contributed by atoms with Gasteiger partial charge in [0.25, 0.3) is 0 Å². The maximum Gasteiger partial charge on any atom is 0.306 e. The molecule has 17 heavy (non-hydrogen) atoms. The van der Waals surface area contributed by atoms with Gasteiger partial charge in [0, 0.05) is 25.5 Å². The van der Waals surface area contributed by atoms with Gasteiger partial charge in [0.2, 0.25) is 0 Å². The van der Waals surface area contributed by atoms with Crippen LogP contribution in [0.4, 0.5) is 0 Å². The van der Waals surface area contributed by atoms with Crippen molar-refractivity contribution in [1.29, 1.82) is 0 Å². The van der Waals surface area contributed by atoms with Crippen LogP contribution < -0.4 is 0 Å². The lowest BCUT2D eigenvalue weighted by Gasteiger charge is -2.20. The van der Waals surface area contributed by atoms with Crippen LogP contribution in [-0.4, -0.2) is 36.1 Å². The Labute approximate surface area is 107 Å². The third-order valence-electron chi connectivity index (χ3n) is 2.56. The van der Waals surface area contributed by atoms with E-state index in [2.05, 4.69) is 14.6 Å². The third kappa shape index (κ3) is 4.71. The van der Waals surface area contributed by atoms with E-state index in [1.807, 2.05) is 13.0 Å². The van der Waals surface area contributed by atoms with Crippen molar-refractivity contribution < 1.29 is 9.53 Å². The largest absolute Gasteiger partial charge is 0.469 e. The molecule has 5 heteroatoms. The lowest BCUT2D eigenvalue weighted by Crippen LogP contribution is -2.26. The highest BCUT2D eigenvalue weighted by atomic mass is 35.5. The van der Waals surface area contributed by atoms with Crippen molar-refractivity contribution in [2.45, 2.75) is 19.9 Å². The van der Waals surface area contributed by atoms with E-state index in [4.69, 9.17) is 11.6 Å². The summed E-state index contributed by atoms with van der Waals surface area (Å²) >= 11 is 6.03. The lowest BCUT2D eigenvalue weighted by atomic mass is 10.2. The van der Waals surface area contributed by atoms with E-state index in [0.717, 1.165) is 18.7 Å². The van der Waals surface area contributed by atoms with Gasteiger partial charge in [-0.2, -0.15) is 0 Å². The van der Waals surface area contributed by atoms with Gasteiger partial charge in [0.15, 0.2) is 0 Å². The molecule has 0 saturated carbocycles. The molecule has 1 rings (SSSR count). The number of pyridine rings is 1. The number of nitrogens with zero attached hydrogens (tertiary/aromatic N) is 2. The number of carbonyl (C=O) groups is 1. The molecule has 1 aromatic rings. The summed E-state index contributed by atoms with van der Waals surface area (Å²) in [4.78, 5) is 17.1. The Morgan fingerprint density at radius 2 is 2.35 bits per heavy atom. The van der Waals surface area contributed by atoms with Crippen LogP contribution in [0.3, 0.4) is 0 Å². The monoisotopic (exact) mass is 256 g/mol. The number of ether oxygens (including phenoxy) is 1. The van der Waals surface area contributed by atoms with Crippen LogP contribution >= 0.6 is 11.6 Å². The fourth-order valence-electron chi connectivity index (χ4n) is 1.47. The fourth-order valence-corrected chi connectivity index (χ4v) is 1.65. The number of halogens is 1. The molecule has 94 valence electrons. The molecule has 0 radical (unpaired) electrons. The second-order valence-corrected chi connectivity index (χ2v) is 4.07. The highest BCUT2D eigenvalue weighted by Gasteiger charge is 2.09. The summed E-state index contributed by atoms with van der Waals surface area (Å²) in [6.45, 7) is 4.29. The fraction of sp³-hybridized carbons (Fsp3) is 0.500. The number of esters is 1. The van der Waals surface area contributed by atoms with Gasteiger partial charge in [-0.05, 0) is 18.2 Å². The first kappa shape index (κ1) is 13.9. The van der Waals surface area contributed by atoms with Gasteiger partial charge in [-0.25, -0.2) is 0 Å². The third-order valence-corrected chi connectivity index (χ3v) is 2.90. The van der Waals surface area contributed by atoms with Crippen LogP contribution in [0, 0.1) is 0 Å². The van der Waals surface area contributed by atoms with Crippen molar-refractivity contribution in [2.24, 2.45) is 0 Å². The van der Waals surface area contributed by atoms with Gasteiger partial charge in [-0.1, -0.05) is 18.5 Å². The number of carbonyl (C=O) groups excluding carboxylic acids is 1. The second kappa shape index (κ2) is 7.25. The summed E-state index contributed by atoms with van der Waals surface area (Å²) in [6, 6.07) is 1.89. The van der Waals surface area contributed by atoms with Crippen LogP contribution in [0.15, 0.2) is 18.5 Å². The highest BCUT2D eigenvalue weighted by molar-refractivity contribution is 6.31. The van der Waals surface area contributed by atoms with Gasteiger partial charge >= 0.3 is 5.97 Å². The summed E-state index contributed by atoms with van der Waals surface area (Å²) in [6.07, 6.45) is 3.74. The summed E-state index contributed by atoms with van der Waals surface area (Å²) in [7, 11) is 1.40. The quantitative estimate of drug-likeness (QED) is 0.732. The molecule has 0 aliphatic carbocycles. The smallest absolute Gasteiger partial charge is 0.306 e. The van der Waals surface area contributed by atoms with Gasteiger partial charge in [-0.15, -0.1) is 0 Å². The van der Waals surface area contributed by atoms with Crippen molar-refractivity contribution in [3.8, 4) is 0 Å². The summed E-state index contributed by atoms with van der Waals surface area (Å²) < 4.78 is 4.62. The Balaban J connectivity index is 2.52. The number of methoxy groups -OCH3 is 1. The first-order valence-electron chi connectivity index (χ1n) is 5.55. The number of aromatic nitrogens is 1. The minimum absolute atomic E-state index is 0.190. The Kier molecular flexibility index (Phi) is 5.94. The Morgan fingerprint density at radius 1 is 1.59 bits per heavy atom. The topological polar surface area (TPSA) is 42.4 Å². The molecule has 1 heterocycles. The molecule has 0 atom stereocenters. The average molecular weight is 257 g/mol. The summed E-state index contributed by atoms with van der Waals surface area (Å²) in [5.74, 6) is -0.190. The van der Waals surface area contributed by atoms with E-state index in [1.54, 1.807) is 12.4 Å². The molecule has 4 nitrogen and oxygen atoms in total. The minimum atomic E-state index is -0.190. The van der Waals surface area contributed by atoms with E-state index < -0.39 is 0 Å². The molecule has 0 fully saturated rings. The normalized spacial score (nSPS) is 10.6. The van der Waals surface area contributed by atoms with Crippen molar-refractivity contribution in [3.05, 3.63) is 29.0 Å². The maximum atomic E-state index is 11.1. The first-order chi connectivity index (χ1) is 8.17. The van der Waals surface area contributed by atoms with Gasteiger partial charge in [0.1, 0.15) is 0 Å². The molecule has 0 aliphatic heterocycles.